The van der Waals surface area contributed by atoms with Crippen LogP contribution < -0.4 is 0 Å². The average molecular weight is 291 g/mol. The minimum absolute atomic E-state index is 0.267. The molecule has 0 aromatic heterocycles. The number of piperidine rings is 1. The number of hydrogen-bond donors (Lipinski definition) is 2. The lowest BCUT2D eigenvalue weighted by atomic mass is 9.87. The molecule has 1 aliphatic heterocycles. The Morgan fingerprint density at radius 2 is 1.86 bits per heavy atom. The van der Waals surface area contributed by atoms with Gasteiger partial charge < -0.3 is 15.1 Å². The quantitative estimate of drug-likeness (QED) is 0.758. The SMILES string of the molecule is O=C(O)CCCCN1CCC(C(O)c2ccccc2)CC1. The van der Waals surface area contributed by atoms with Crippen LogP contribution in [0.1, 0.15) is 43.8 Å². The molecule has 1 unspecified atom stereocenters. The van der Waals surface area contributed by atoms with E-state index in [4.69, 9.17) is 5.11 Å². The van der Waals surface area contributed by atoms with Crippen molar-refractivity contribution in [2.24, 2.45) is 5.92 Å². The molecule has 21 heavy (non-hydrogen) atoms. The Labute approximate surface area is 126 Å². The minimum Gasteiger partial charge on any atom is -0.481 e. The van der Waals surface area contributed by atoms with Crippen molar-refractivity contribution in [1.82, 2.24) is 4.90 Å². The summed E-state index contributed by atoms with van der Waals surface area (Å²) in [7, 11) is 0. The molecule has 0 amide bonds. The molecule has 0 spiro atoms. The summed E-state index contributed by atoms with van der Waals surface area (Å²) in [5.41, 5.74) is 1.01. The third kappa shape index (κ3) is 5.14. The molecule has 1 aromatic carbocycles. The van der Waals surface area contributed by atoms with Gasteiger partial charge in [-0.05, 0) is 56.8 Å². The minimum atomic E-state index is -0.709. The van der Waals surface area contributed by atoms with Gasteiger partial charge in [0.15, 0.2) is 0 Å². The zero-order valence-electron chi connectivity index (χ0n) is 12.4. The van der Waals surface area contributed by atoms with Gasteiger partial charge in [0.05, 0.1) is 6.10 Å². The molecule has 0 bridgehead atoms. The van der Waals surface area contributed by atoms with E-state index in [9.17, 15) is 9.90 Å². The molecular weight excluding hydrogens is 266 g/mol. The van der Waals surface area contributed by atoms with E-state index >= 15 is 0 Å². The van der Waals surface area contributed by atoms with E-state index in [0.29, 0.717) is 5.92 Å². The van der Waals surface area contributed by atoms with Gasteiger partial charge in [-0.15, -0.1) is 0 Å². The number of aliphatic hydroxyl groups is 1. The molecular formula is C17H25NO3. The largest absolute Gasteiger partial charge is 0.481 e. The van der Waals surface area contributed by atoms with Crippen molar-refractivity contribution in [3.8, 4) is 0 Å². The highest BCUT2D eigenvalue weighted by molar-refractivity contribution is 5.66. The Balaban J connectivity index is 1.69. The summed E-state index contributed by atoms with van der Waals surface area (Å²) in [4.78, 5) is 12.8. The summed E-state index contributed by atoms with van der Waals surface area (Å²) in [6.07, 6.45) is 3.62. The Morgan fingerprint density at radius 1 is 1.19 bits per heavy atom. The molecule has 4 heteroatoms. The fourth-order valence-corrected chi connectivity index (χ4v) is 3.03. The fraction of sp³-hybridized carbons (Fsp3) is 0.588. The van der Waals surface area contributed by atoms with E-state index in [0.717, 1.165) is 50.9 Å². The molecule has 116 valence electrons. The lowest BCUT2D eigenvalue weighted by Crippen LogP contribution is -2.36. The lowest BCUT2D eigenvalue weighted by Gasteiger charge is -2.34. The molecule has 1 atom stereocenters. The Kier molecular flexibility index (Phi) is 6.21. The molecule has 0 aliphatic carbocycles. The van der Waals surface area contributed by atoms with Crippen molar-refractivity contribution < 1.29 is 15.0 Å². The van der Waals surface area contributed by atoms with Gasteiger partial charge in [-0.2, -0.15) is 0 Å². The fourth-order valence-electron chi connectivity index (χ4n) is 3.03. The number of likely N-dealkylation sites (tertiary alicyclic amines) is 1. The van der Waals surface area contributed by atoms with Crippen LogP contribution in [0.3, 0.4) is 0 Å². The van der Waals surface area contributed by atoms with Crippen LogP contribution in [0.25, 0.3) is 0 Å². The topological polar surface area (TPSA) is 60.8 Å². The number of nitrogens with zero attached hydrogens (tertiary/aromatic N) is 1. The molecule has 1 saturated heterocycles. The standard InChI is InChI=1S/C17H25NO3/c19-16(20)8-4-5-11-18-12-9-15(10-13-18)17(21)14-6-2-1-3-7-14/h1-3,6-7,15,17,21H,4-5,8-13H2,(H,19,20). The van der Waals surface area contributed by atoms with Crippen LogP contribution in [0.4, 0.5) is 0 Å². The van der Waals surface area contributed by atoms with Crippen molar-refractivity contribution in [2.75, 3.05) is 19.6 Å². The van der Waals surface area contributed by atoms with E-state index in [-0.39, 0.29) is 12.5 Å². The van der Waals surface area contributed by atoms with Gasteiger partial charge in [-0.3, -0.25) is 4.79 Å². The number of carbonyl (C=O) groups is 1. The van der Waals surface area contributed by atoms with Gasteiger partial charge >= 0.3 is 5.97 Å². The van der Waals surface area contributed by atoms with Gasteiger partial charge in [-0.1, -0.05) is 30.3 Å². The second-order valence-electron chi connectivity index (χ2n) is 5.89. The second kappa shape index (κ2) is 8.15. The summed E-state index contributed by atoms with van der Waals surface area (Å²) in [5, 5.41) is 19.0. The summed E-state index contributed by atoms with van der Waals surface area (Å²) < 4.78 is 0. The lowest BCUT2D eigenvalue weighted by molar-refractivity contribution is -0.137. The Hall–Kier alpha value is -1.39. The zero-order chi connectivity index (χ0) is 15.1. The highest BCUT2D eigenvalue weighted by atomic mass is 16.4. The summed E-state index contributed by atoms with van der Waals surface area (Å²) in [6, 6.07) is 9.88. The third-order valence-corrected chi connectivity index (χ3v) is 4.33. The number of carboxylic acids is 1. The highest BCUT2D eigenvalue weighted by Gasteiger charge is 2.25. The molecule has 1 aliphatic rings. The molecule has 1 heterocycles. The van der Waals surface area contributed by atoms with E-state index < -0.39 is 5.97 Å². The number of unbranched alkanes of at least 4 members (excludes halogenated alkanes) is 1. The average Bonchev–Trinajstić information content (AvgIpc) is 2.52. The molecule has 2 N–H and O–H groups in total. The maximum absolute atomic E-state index is 10.5. The Morgan fingerprint density at radius 3 is 2.48 bits per heavy atom. The summed E-state index contributed by atoms with van der Waals surface area (Å²) >= 11 is 0. The first-order valence-corrected chi connectivity index (χ1v) is 7.84. The number of aliphatic carboxylic acids is 1. The molecule has 2 rings (SSSR count). The highest BCUT2D eigenvalue weighted by Crippen LogP contribution is 2.30. The summed E-state index contributed by atoms with van der Waals surface area (Å²) in [5.74, 6) is -0.373. The second-order valence-corrected chi connectivity index (χ2v) is 5.89. The maximum Gasteiger partial charge on any atom is 0.303 e. The van der Waals surface area contributed by atoms with Crippen LogP contribution in [0.5, 0.6) is 0 Å². The van der Waals surface area contributed by atoms with Crippen LogP contribution in [0.15, 0.2) is 30.3 Å². The van der Waals surface area contributed by atoms with Crippen LogP contribution in [-0.2, 0) is 4.79 Å². The first-order valence-electron chi connectivity index (χ1n) is 7.84. The zero-order valence-corrected chi connectivity index (χ0v) is 12.4. The number of hydrogen-bond acceptors (Lipinski definition) is 3. The predicted molar refractivity (Wildman–Crippen MR) is 82.1 cm³/mol. The molecule has 0 radical (unpaired) electrons. The van der Waals surface area contributed by atoms with Crippen LogP contribution in [0, 0.1) is 5.92 Å². The van der Waals surface area contributed by atoms with Gasteiger partial charge in [0.1, 0.15) is 0 Å². The third-order valence-electron chi connectivity index (χ3n) is 4.33. The van der Waals surface area contributed by atoms with Crippen LogP contribution in [0.2, 0.25) is 0 Å². The van der Waals surface area contributed by atoms with E-state index in [1.54, 1.807) is 0 Å². The Bertz CT molecular complexity index is 427. The van der Waals surface area contributed by atoms with Crippen molar-refractivity contribution in [3.63, 3.8) is 0 Å². The number of carboxylic acid groups (broad SMARTS) is 1. The number of rotatable bonds is 7. The smallest absolute Gasteiger partial charge is 0.303 e. The van der Waals surface area contributed by atoms with E-state index in [1.807, 2.05) is 30.3 Å². The first kappa shape index (κ1) is 16.0. The van der Waals surface area contributed by atoms with E-state index in [1.165, 1.54) is 0 Å². The van der Waals surface area contributed by atoms with Crippen molar-refractivity contribution in [1.29, 1.82) is 0 Å². The van der Waals surface area contributed by atoms with Gasteiger partial charge in [0.2, 0.25) is 0 Å². The normalized spacial score (nSPS) is 18.5. The maximum atomic E-state index is 10.5. The van der Waals surface area contributed by atoms with Gasteiger partial charge in [-0.25, -0.2) is 0 Å². The molecule has 1 aromatic rings. The first-order chi connectivity index (χ1) is 10.2. The van der Waals surface area contributed by atoms with Crippen molar-refractivity contribution >= 4 is 5.97 Å². The molecule has 1 fully saturated rings. The van der Waals surface area contributed by atoms with Crippen LogP contribution in [-0.4, -0.2) is 40.7 Å². The van der Waals surface area contributed by atoms with E-state index in [2.05, 4.69) is 4.90 Å². The van der Waals surface area contributed by atoms with Crippen molar-refractivity contribution in [3.05, 3.63) is 35.9 Å². The van der Waals surface area contributed by atoms with Crippen LogP contribution >= 0.6 is 0 Å². The monoisotopic (exact) mass is 291 g/mol. The van der Waals surface area contributed by atoms with Gasteiger partial charge in [0.25, 0.3) is 0 Å². The summed E-state index contributed by atoms with van der Waals surface area (Å²) in [6.45, 7) is 2.98. The predicted octanol–water partition coefficient (Wildman–Crippen LogP) is 2.69. The molecule has 0 saturated carbocycles. The van der Waals surface area contributed by atoms with Crippen molar-refractivity contribution in [2.45, 2.75) is 38.2 Å². The number of aliphatic hydroxyl groups excluding tert-OH is 1. The molecule has 4 nitrogen and oxygen atoms in total. The van der Waals surface area contributed by atoms with Gasteiger partial charge in [0, 0.05) is 6.42 Å². The number of benzene rings is 1.